The van der Waals surface area contributed by atoms with Crippen LogP contribution in [-0.4, -0.2) is 19.4 Å². The van der Waals surface area contributed by atoms with Crippen LogP contribution in [0.4, 0.5) is 8.78 Å². The molecular formula is C9H5ClF2O4. The lowest BCUT2D eigenvalue weighted by Gasteiger charge is -2.04. The lowest BCUT2D eigenvalue weighted by Crippen LogP contribution is -2.26. The van der Waals surface area contributed by atoms with Crippen molar-refractivity contribution in [2.75, 3.05) is 7.11 Å². The van der Waals surface area contributed by atoms with E-state index in [0.29, 0.717) is 0 Å². The summed E-state index contributed by atoms with van der Waals surface area (Å²) in [6.45, 7) is 0. The monoisotopic (exact) mass is 250 g/mol. The number of methoxy groups -OCH3 is 1. The van der Waals surface area contributed by atoms with Crippen molar-refractivity contribution in [3.8, 4) is 11.5 Å². The van der Waals surface area contributed by atoms with E-state index in [0.717, 1.165) is 19.2 Å². The van der Waals surface area contributed by atoms with Crippen molar-refractivity contribution in [2.24, 2.45) is 0 Å². The van der Waals surface area contributed by atoms with E-state index in [2.05, 4.69) is 14.2 Å². The van der Waals surface area contributed by atoms with Gasteiger partial charge in [0.2, 0.25) is 0 Å². The van der Waals surface area contributed by atoms with Crippen LogP contribution in [0.1, 0.15) is 10.4 Å². The lowest BCUT2D eigenvalue weighted by atomic mass is 10.2. The van der Waals surface area contributed by atoms with Gasteiger partial charge in [-0.25, -0.2) is 4.79 Å². The van der Waals surface area contributed by atoms with E-state index in [1.54, 1.807) is 0 Å². The van der Waals surface area contributed by atoms with Gasteiger partial charge >= 0.3 is 12.3 Å². The van der Waals surface area contributed by atoms with Gasteiger partial charge in [-0.15, -0.1) is 8.78 Å². The number of halogens is 3. The van der Waals surface area contributed by atoms with Crippen molar-refractivity contribution < 1.29 is 27.8 Å². The van der Waals surface area contributed by atoms with Gasteiger partial charge in [0.15, 0.2) is 11.5 Å². The van der Waals surface area contributed by atoms with Crippen molar-refractivity contribution in [1.82, 2.24) is 0 Å². The van der Waals surface area contributed by atoms with Crippen molar-refractivity contribution in [3.05, 3.63) is 22.7 Å². The Kier molecular flexibility index (Phi) is 2.38. The first-order valence-electron chi connectivity index (χ1n) is 4.10. The normalized spacial score (nSPS) is 16.0. The maximum absolute atomic E-state index is 12.7. The Morgan fingerprint density at radius 1 is 1.44 bits per heavy atom. The maximum Gasteiger partial charge on any atom is 0.586 e. The summed E-state index contributed by atoms with van der Waals surface area (Å²) in [4.78, 5) is 11.2. The zero-order chi connectivity index (χ0) is 11.9. The number of rotatable bonds is 1. The van der Waals surface area contributed by atoms with Gasteiger partial charge in [-0.2, -0.15) is 0 Å². The third-order valence-corrected chi connectivity index (χ3v) is 2.16. The summed E-state index contributed by atoms with van der Waals surface area (Å²) < 4.78 is 38.2. The van der Waals surface area contributed by atoms with Crippen LogP contribution in [0.25, 0.3) is 0 Å². The number of alkyl halides is 2. The number of benzene rings is 1. The van der Waals surface area contributed by atoms with Crippen LogP contribution in [0.5, 0.6) is 11.5 Å². The van der Waals surface area contributed by atoms with Gasteiger partial charge in [-0.3, -0.25) is 0 Å². The highest BCUT2D eigenvalue weighted by Crippen LogP contribution is 2.46. The van der Waals surface area contributed by atoms with Gasteiger partial charge in [0.1, 0.15) is 0 Å². The number of carbonyl (C=O) groups excluding carboxylic acids is 1. The van der Waals surface area contributed by atoms with E-state index in [-0.39, 0.29) is 22.1 Å². The minimum atomic E-state index is -3.76. The fourth-order valence-corrected chi connectivity index (χ4v) is 1.50. The minimum absolute atomic E-state index is 0.00699. The average Bonchev–Trinajstić information content (AvgIpc) is 2.52. The number of esters is 1. The van der Waals surface area contributed by atoms with Crippen LogP contribution >= 0.6 is 11.6 Å². The molecule has 0 atom stereocenters. The molecule has 0 radical (unpaired) electrons. The molecule has 2 rings (SSSR count). The Morgan fingerprint density at radius 2 is 2.12 bits per heavy atom. The molecule has 0 aromatic heterocycles. The second kappa shape index (κ2) is 3.48. The molecule has 86 valence electrons. The van der Waals surface area contributed by atoms with Crippen molar-refractivity contribution in [1.29, 1.82) is 0 Å². The van der Waals surface area contributed by atoms with Gasteiger partial charge in [-0.05, 0) is 12.1 Å². The summed E-state index contributed by atoms with van der Waals surface area (Å²) in [5.74, 6) is -1.29. The molecule has 1 aromatic carbocycles. The molecule has 0 N–H and O–H groups in total. The quantitative estimate of drug-likeness (QED) is 0.718. The number of hydrogen-bond donors (Lipinski definition) is 0. The highest BCUT2D eigenvalue weighted by molar-refractivity contribution is 6.32. The third kappa shape index (κ3) is 1.76. The molecule has 4 nitrogen and oxygen atoms in total. The predicted molar refractivity (Wildman–Crippen MR) is 49.0 cm³/mol. The summed E-state index contributed by atoms with van der Waals surface area (Å²) in [5, 5.41) is -0.143. The molecule has 1 aliphatic rings. The minimum Gasteiger partial charge on any atom is -0.465 e. The van der Waals surface area contributed by atoms with Gasteiger partial charge in [0.05, 0.1) is 17.7 Å². The van der Waals surface area contributed by atoms with Crippen LogP contribution in [0.2, 0.25) is 5.02 Å². The van der Waals surface area contributed by atoms with Crippen molar-refractivity contribution in [2.45, 2.75) is 6.29 Å². The molecule has 0 fully saturated rings. The Hall–Kier alpha value is -1.56. The second-order valence-corrected chi connectivity index (χ2v) is 3.35. The number of hydrogen-bond acceptors (Lipinski definition) is 4. The largest absolute Gasteiger partial charge is 0.586 e. The molecule has 0 saturated carbocycles. The molecule has 0 unspecified atom stereocenters. The zero-order valence-corrected chi connectivity index (χ0v) is 8.68. The molecule has 1 heterocycles. The Labute approximate surface area is 93.7 Å². The summed E-state index contributed by atoms with van der Waals surface area (Å²) in [7, 11) is 1.16. The molecule has 1 aliphatic heterocycles. The fourth-order valence-electron chi connectivity index (χ4n) is 1.25. The summed E-state index contributed by atoms with van der Waals surface area (Å²) >= 11 is 5.66. The highest BCUT2D eigenvalue weighted by Gasteiger charge is 2.45. The van der Waals surface area contributed by atoms with E-state index in [1.807, 2.05) is 0 Å². The molecule has 1 aromatic rings. The topological polar surface area (TPSA) is 44.8 Å². The Balaban J connectivity index is 2.46. The Bertz CT molecular complexity index is 461. The van der Waals surface area contributed by atoms with Crippen LogP contribution in [0.3, 0.4) is 0 Å². The van der Waals surface area contributed by atoms with Crippen molar-refractivity contribution in [3.63, 3.8) is 0 Å². The number of fused-ring (bicyclic) bond motifs is 1. The molecule has 0 aliphatic carbocycles. The van der Waals surface area contributed by atoms with Crippen LogP contribution < -0.4 is 9.47 Å². The molecule has 0 saturated heterocycles. The zero-order valence-electron chi connectivity index (χ0n) is 7.92. The number of ether oxygens (including phenoxy) is 3. The summed E-state index contributed by atoms with van der Waals surface area (Å²) in [6, 6.07) is 2.24. The molecule has 7 heteroatoms. The van der Waals surface area contributed by atoms with Crippen LogP contribution in [0.15, 0.2) is 12.1 Å². The standard InChI is InChI=1S/C9H5ClF2O4/c1-14-8(13)4-2-5(10)7-6(3-4)15-9(11,12)16-7/h2-3H,1H3. The van der Waals surface area contributed by atoms with E-state index in [9.17, 15) is 13.6 Å². The van der Waals surface area contributed by atoms with Gasteiger partial charge in [0.25, 0.3) is 0 Å². The SMILES string of the molecule is COC(=O)c1cc(Cl)c2c(c1)OC(F)(F)O2. The first-order chi connectivity index (χ1) is 7.43. The Morgan fingerprint density at radius 3 is 2.75 bits per heavy atom. The average molecular weight is 251 g/mol. The lowest BCUT2D eigenvalue weighted by molar-refractivity contribution is -0.286. The summed E-state index contributed by atoms with van der Waals surface area (Å²) in [5.41, 5.74) is 0.00699. The van der Waals surface area contributed by atoms with E-state index >= 15 is 0 Å². The smallest absolute Gasteiger partial charge is 0.465 e. The molecular weight excluding hydrogens is 246 g/mol. The molecule has 0 spiro atoms. The third-order valence-electron chi connectivity index (χ3n) is 1.88. The molecule has 0 bridgehead atoms. The highest BCUT2D eigenvalue weighted by atomic mass is 35.5. The first kappa shape index (κ1) is 10.9. The van der Waals surface area contributed by atoms with E-state index in [4.69, 9.17) is 11.6 Å². The maximum atomic E-state index is 12.7. The second-order valence-electron chi connectivity index (χ2n) is 2.94. The van der Waals surface area contributed by atoms with E-state index in [1.165, 1.54) is 0 Å². The van der Waals surface area contributed by atoms with Gasteiger partial charge in [0, 0.05) is 0 Å². The first-order valence-corrected chi connectivity index (χ1v) is 4.48. The predicted octanol–water partition coefficient (Wildman–Crippen LogP) is 2.45. The summed E-state index contributed by atoms with van der Waals surface area (Å²) in [6.07, 6.45) is -3.76. The fraction of sp³-hybridized carbons (Fsp3) is 0.222. The number of carbonyl (C=O) groups is 1. The van der Waals surface area contributed by atoms with Gasteiger partial charge < -0.3 is 14.2 Å². The van der Waals surface area contributed by atoms with Crippen LogP contribution in [-0.2, 0) is 4.74 Å². The van der Waals surface area contributed by atoms with Gasteiger partial charge in [-0.1, -0.05) is 11.6 Å². The van der Waals surface area contributed by atoms with Crippen molar-refractivity contribution >= 4 is 17.6 Å². The van der Waals surface area contributed by atoms with Crippen LogP contribution in [0, 0.1) is 0 Å². The van der Waals surface area contributed by atoms with E-state index < -0.39 is 12.3 Å². The molecule has 0 amide bonds. The molecule has 16 heavy (non-hydrogen) atoms.